The largest absolute Gasteiger partial charge is 0.310 e. The van der Waals surface area contributed by atoms with Crippen LogP contribution in [0.4, 0.5) is 0 Å². The third-order valence-electron chi connectivity index (χ3n) is 2.26. The highest BCUT2D eigenvalue weighted by Gasteiger charge is 2.12. The van der Waals surface area contributed by atoms with Crippen LogP contribution in [0.15, 0.2) is 5.03 Å². The smallest absolute Gasteiger partial charge is 0.0984 e. The molecule has 0 radical (unpaired) electrons. The highest BCUT2D eigenvalue weighted by atomic mass is 32.2. The summed E-state index contributed by atoms with van der Waals surface area (Å²) in [7, 11) is 2.02. The highest BCUT2D eigenvalue weighted by Crippen LogP contribution is 2.24. The molecule has 0 bridgehead atoms. The van der Waals surface area contributed by atoms with Gasteiger partial charge in [-0.25, -0.2) is 0 Å². The Kier molecular flexibility index (Phi) is 4.67. The van der Waals surface area contributed by atoms with E-state index in [4.69, 9.17) is 0 Å². The lowest BCUT2D eigenvalue weighted by atomic mass is 10.2. The number of thioether (sulfide) groups is 1. The van der Waals surface area contributed by atoms with Crippen molar-refractivity contribution >= 4 is 11.8 Å². The van der Waals surface area contributed by atoms with Crippen LogP contribution in [-0.2, 0) is 13.6 Å². The monoisotopic (exact) mass is 227 g/mol. The van der Waals surface area contributed by atoms with Gasteiger partial charge in [-0.2, -0.15) is 5.10 Å². The molecule has 86 valence electrons. The third kappa shape index (κ3) is 3.24. The van der Waals surface area contributed by atoms with Gasteiger partial charge in [-0.05, 0) is 12.7 Å². The molecule has 0 aliphatic rings. The summed E-state index contributed by atoms with van der Waals surface area (Å²) in [6.07, 6.45) is 0. The van der Waals surface area contributed by atoms with E-state index < -0.39 is 0 Å². The summed E-state index contributed by atoms with van der Waals surface area (Å²) in [4.78, 5) is 0. The van der Waals surface area contributed by atoms with Crippen LogP contribution in [0.25, 0.3) is 0 Å². The molecule has 15 heavy (non-hydrogen) atoms. The van der Waals surface area contributed by atoms with Gasteiger partial charge >= 0.3 is 0 Å². The highest BCUT2D eigenvalue weighted by molar-refractivity contribution is 7.99. The van der Waals surface area contributed by atoms with Crippen molar-refractivity contribution in [2.24, 2.45) is 7.05 Å². The number of hydrogen-bond acceptors (Lipinski definition) is 3. The Balaban J connectivity index is 2.83. The lowest BCUT2D eigenvalue weighted by Gasteiger charge is -2.09. The first kappa shape index (κ1) is 12.6. The fourth-order valence-electron chi connectivity index (χ4n) is 1.51. The SMILES string of the molecule is CCSc1c(CNC(C)C)c(C)nn1C. The average molecular weight is 227 g/mol. The summed E-state index contributed by atoms with van der Waals surface area (Å²) < 4.78 is 1.99. The molecule has 3 nitrogen and oxygen atoms in total. The Labute approximate surface area is 96.6 Å². The molecule has 0 amide bonds. The van der Waals surface area contributed by atoms with Crippen molar-refractivity contribution in [1.29, 1.82) is 0 Å². The Morgan fingerprint density at radius 1 is 1.47 bits per heavy atom. The van der Waals surface area contributed by atoms with Gasteiger partial charge in [-0.1, -0.05) is 20.8 Å². The standard InChI is InChI=1S/C11H21N3S/c1-6-15-11-10(7-12-8(2)3)9(4)13-14(11)5/h8,12H,6-7H2,1-5H3. The Morgan fingerprint density at radius 3 is 2.67 bits per heavy atom. The van der Waals surface area contributed by atoms with E-state index >= 15 is 0 Å². The van der Waals surface area contributed by atoms with Gasteiger partial charge in [0.2, 0.25) is 0 Å². The van der Waals surface area contributed by atoms with Crippen LogP contribution in [0.5, 0.6) is 0 Å². The van der Waals surface area contributed by atoms with Crippen molar-refractivity contribution in [2.75, 3.05) is 5.75 Å². The second-order valence-electron chi connectivity index (χ2n) is 3.96. The number of aromatic nitrogens is 2. The van der Waals surface area contributed by atoms with Gasteiger partial charge in [0.05, 0.1) is 10.7 Å². The van der Waals surface area contributed by atoms with Crippen molar-refractivity contribution in [3.8, 4) is 0 Å². The fourth-order valence-corrected chi connectivity index (χ4v) is 2.40. The van der Waals surface area contributed by atoms with Gasteiger partial charge in [-0.3, -0.25) is 4.68 Å². The maximum Gasteiger partial charge on any atom is 0.0984 e. The first-order valence-electron chi connectivity index (χ1n) is 5.44. The van der Waals surface area contributed by atoms with E-state index in [1.807, 2.05) is 23.5 Å². The number of nitrogens with one attached hydrogen (secondary N) is 1. The molecule has 0 aliphatic heterocycles. The zero-order chi connectivity index (χ0) is 11.4. The van der Waals surface area contributed by atoms with Gasteiger partial charge < -0.3 is 5.32 Å². The second-order valence-corrected chi connectivity index (χ2v) is 5.21. The predicted octanol–water partition coefficient (Wildman–Crippen LogP) is 2.34. The van der Waals surface area contributed by atoms with Gasteiger partial charge in [0.15, 0.2) is 0 Å². The van der Waals surface area contributed by atoms with E-state index in [1.54, 1.807) is 0 Å². The molecule has 0 aromatic carbocycles. The predicted molar refractivity (Wildman–Crippen MR) is 66.3 cm³/mol. The second kappa shape index (κ2) is 5.56. The molecule has 1 aromatic rings. The maximum atomic E-state index is 4.46. The third-order valence-corrected chi connectivity index (χ3v) is 3.33. The van der Waals surface area contributed by atoms with E-state index in [1.165, 1.54) is 10.6 Å². The molecule has 0 saturated heterocycles. The van der Waals surface area contributed by atoms with E-state index in [-0.39, 0.29) is 0 Å². The van der Waals surface area contributed by atoms with E-state index in [9.17, 15) is 0 Å². The summed E-state index contributed by atoms with van der Waals surface area (Å²) in [5.74, 6) is 1.09. The maximum absolute atomic E-state index is 4.46. The van der Waals surface area contributed by atoms with Crippen molar-refractivity contribution in [3.05, 3.63) is 11.3 Å². The molecule has 0 aliphatic carbocycles. The topological polar surface area (TPSA) is 29.9 Å². The number of aryl methyl sites for hydroxylation is 2. The first-order chi connectivity index (χ1) is 7.06. The van der Waals surface area contributed by atoms with Crippen molar-refractivity contribution < 1.29 is 0 Å². The van der Waals surface area contributed by atoms with Crippen LogP contribution in [0, 0.1) is 6.92 Å². The van der Waals surface area contributed by atoms with Crippen molar-refractivity contribution in [2.45, 2.75) is 45.3 Å². The fraction of sp³-hybridized carbons (Fsp3) is 0.727. The van der Waals surface area contributed by atoms with E-state index in [2.05, 4.69) is 38.1 Å². The minimum atomic E-state index is 0.518. The van der Waals surface area contributed by atoms with Crippen LogP contribution in [0.1, 0.15) is 32.0 Å². The number of nitrogens with zero attached hydrogens (tertiary/aromatic N) is 2. The van der Waals surface area contributed by atoms with Crippen molar-refractivity contribution in [3.63, 3.8) is 0 Å². The zero-order valence-corrected chi connectivity index (χ0v) is 11.1. The van der Waals surface area contributed by atoms with Crippen LogP contribution >= 0.6 is 11.8 Å². The lowest BCUT2D eigenvalue weighted by molar-refractivity contribution is 0.580. The molecule has 1 N–H and O–H groups in total. The van der Waals surface area contributed by atoms with Gasteiger partial charge in [0, 0.05) is 25.2 Å². The molecule has 0 fully saturated rings. The van der Waals surface area contributed by atoms with Crippen LogP contribution in [-0.4, -0.2) is 21.6 Å². The molecule has 1 heterocycles. The molecular weight excluding hydrogens is 206 g/mol. The molecule has 4 heteroatoms. The van der Waals surface area contributed by atoms with Crippen molar-refractivity contribution in [1.82, 2.24) is 15.1 Å². The Morgan fingerprint density at radius 2 is 2.13 bits per heavy atom. The average Bonchev–Trinajstić information content (AvgIpc) is 2.40. The molecule has 0 spiro atoms. The Bertz CT molecular complexity index is 318. The summed E-state index contributed by atoms with van der Waals surface area (Å²) in [6, 6.07) is 0.518. The number of hydrogen-bond donors (Lipinski definition) is 1. The molecule has 1 aromatic heterocycles. The molecule has 0 atom stereocenters. The minimum absolute atomic E-state index is 0.518. The van der Waals surface area contributed by atoms with E-state index in [0.29, 0.717) is 6.04 Å². The molecule has 0 unspecified atom stereocenters. The molecular formula is C11H21N3S. The Hall–Kier alpha value is -0.480. The van der Waals surface area contributed by atoms with Gasteiger partial charge in [0.25, 0.3) is 0 Å². The lowest BCUT2D eigenvalue weighted by Crippen LogP contribution is -2.22. The normalized spacial score (nSPS) is 11.3. The first-order valence-corrected chi connectivity index (χ1v) is 6.43. The number of rotatable bonds is 5. The van der Waals surface area contributed by atoms with Gasteiger partial charge in [-0.15, -0.1) is 11.8 Å². The summed E-state index contributed by atoms with van der Waals surface area (Å²) in [6.45, 7) is 9.50. The molecule has 0 saturated carbocycles. The van der Waals surface area contributed by atoms with Crippen LogP contribution in [0.3, 0.4) is 0 Å². The quantitative estimate of drug-likeness (QED) is 0.783. The minimum Gasteiger partial charge on any atom is -0.310 e. The summed E-state index contributed by atoms with van der Waals surface area (Å²) in [5.41, 5.74) is 2.49. The summed E-state index contributed by atoms with van der Waals surface area (Å²) in [5, 5.41) is 9.21. The van der Waals surface area contributed by atoms with Gasteiger partial charge in [0.1, 0.15) is 0 Å². The molecule has 1 rings (SSSR count). The zero-order valence-electron chi connectivity index (χ0n) is 10.3. The van der Waals surface area contributed by atoms with E-state index in [0.717, 1.165) is 18.0 Å². The summed E-state index contributed by atoms with van der Waals surface area (Å²) >= 11 is 1.86. The van der Waals surface area contributed by atoms with Crippen LogP contribution < -0.4 is 5.32 Å². The van der Waals surface area contributed by atoms with Crippen LogP contribution in [0.2, 0.25) is 0 Å².